The smallest absolute Gasteiger partial charge is 0.252 e. The topological polar surface area (TPSA) is 90.6 Å². The molecular formula is C18H14N4O2. The van der Waals surface area contributed by atoms with E-state index in [2.05, 4.69) is 20.3 Å². The number of benzene rings is 2. The summed E-state index contributed by atoms with van der Waals surface area (Å²) in [6.07, 6.45) is 0. The van der Waals surface area contributed by atoms with Gasteiger partial charge in [-0.15, -0.1) is 0 Å². The van der Waals surface area contributed by atoms with Gasteiger partial charge in [0.25, 0.3) is 5.91 Å². The Hall–Kier alpha value is -3.41. The van der Waals surface area contributed by atoms with E-state index in [-0.39, 0.29) is 18.0 Å². The number of para-hydroxylation sites is 3. The first kappa shape index (κ1) is 14.2. The van der Waals surface area contributed by atoms with Crippen LogP contribution in [0.15, 0.2) is 59.4 Å². The lowest BCUT2D eigenvalue weighted by Crippen LogP contribution is -2.25. The average Bonchev–Trinajstić information content (AvgIpc) is 3.02. The van der Waals surface area contributed by atoms with Gasteiger partial charge in [-0.2, -0.15) is 0 Å². The van der Waals surface area contributed by atoms with E-state index >= 15 is 0 Å². The number of nitrogens with zero attached hydrogens (tertiary/aromatic N) is 1. The average molecular weight is 318 g/mol. The molecule has 4 rings (SSSR count). The molecule has 0 radical (unpaired) electrons. The number of amides is 1. The van der Waals surface area contributed by atoms with E-state index < -0.39 is 0 Å². The van der Waals surface area contributed by atoms with E-state index in [9.17, 15) is 9.59 Å². The van der Waals surface area contributed by atoms with Crippen molar-refractivity contribution < 1.29 is 4.79 Å². The van der Waals surface area contributed by atoms with Crippen molar-refractivity contribution in [2.45, 2.75) is 6.54 Å². The lowest BCUT2D eigenvalue weighted by molar-refractivity contribution is 0.0951. The van der Waals surface area contributed by atoms with Crippen molar-refractivity contribution in [3.63, 3.8) is 0 Å². The van der Waals surface area contributed by atoms with E-state index in [4.69, 9.17) is 0 Å². The quantitative estimate of drug-likeness (QED) is 0.541. The number of carbonyl (C=O) groups is 1. The molecule has 4 aromatic rings. The molecule has 6 nitrogen and oxygen atoms in total. The van der Waals surface area contributed by atoms with Gasteiger partial charge in [-0.3, -0.25) is 9.59 Å². The molecule has 118 valence electrons. The summed E-state index contributed by atoms with van der Waals surface area (Å²) in [5.74, 6) is 0.358. The van der Waals surface area contributed by atoms with Gasteiger partial charge >= 0.3 is 0 Å². The minimum atomic E-state index is -0.308. The summed E-state index contributed by atoms with van der Waals surface area (Å²) in [6, 6.07) is 16.2. The molecule has 0 aliphatic rings. The molecule has 0 spiro atoms. The van der Waals surface area contributed by atoms with Crippen molar-refractivity contribution in [1.29, 1.82) is 0 Å². The van der Waals surface area contributed by atoms with Crippen LogP contribution in [0.2, 0.25) is 0 Å². The van der Waals surface area contributed by atoms with Gasteiger partial charge in [0.1, 0.15) is 5.82 Å². The van der Waals surface area contributed by atoms with Gasteiger partial charge in [0.15, 0.2) is 0 Å². The third-order valence-electron chi connectivity index (χ3n) is 3.85. The van der Waals surface area contributed by atoms with E-state index in [1.807, 2.05) is 36.4 Å². The van der Waals surface area contributed by atoms with Crippen molar-refractivity contribution in [3.8, 4) is 0 Å². The van der Waals surface area contributed by atoms with Gasteiger partial charge in [0, 0.05) is 17.0 Å². The maximum Gasteiger partial charge on any atom is 0.252 e. The number of nitrogens with one attached hydrogen (secondary N) is 3. The number of pyridine rings is 1. The molecule has 6 heteroatoms. The molecule has 0 atom stereocenters. The summed E-state index contributed by atoms with van der Waals surface area (Å²) in [5.41, 5.74) is 2.46. The molecule has 24 heavy (non-hydrogen) atoms. The lowest BCUT2D eigenvalue weighted by atomic mass is 10.1. The predicted molar refractivity (Wildman–Crippen MR) is 91.8 cm³/mol. The van der Waals surface area contributed by atoms with Crippen LogP contribution in [0.4, 0.5) is 0 Å². The molecule has 2 aromatic heterocycles. The van der Waals surface area contributed by atoms with E-state index in [1.165, 1.54) is 6.07 Å². The second kappa shape index (κ2) is 5.66. The van der Waals surface area contributed by atoms with Crippen molar-refractivity contribution in [3.05, 3.63) is 76.3 Å². The maximum atomic E-state index is 12.5. The fraction of sp³-hybridized carbons (Fsp3) is 0.0556. The Morgan fingerprint density at radius 1 is 1.00 bits per heavy atom. The second-order valence-corrected chi connectivity index (χ2v) is 5.48. The third-order valence-corrected chi connectivity index (χ3v) is 3.85. The Balaban J connectivity index is 1.61. The van der Waals surface area contributed by atoms with Crippen LogP contribution < -0.4 is 10.9 Å². The number of aromatic amines is 2. The number of H-pyrrole nitrogens is 2. The molecule has 2 aromatic carbocycles. The number of hydrogen-bond acceptors (Lipinski definition) is 3. The van der Waals surface area contributed by atoms with Crippen LogP contribution in [0.5, 0.6) is 0 Å². The zero-order valence-corrected chi connectivity index (χ0v) is 12.7. The van der Waals surface area contributed by atoms with Crippen molar-refractivity contribution in [1.82, 2.24) is 20.3 Å². The van der Waals surface area contributed by atoms with Gasteiger partial charge in [0.2, 0.25) is 5.56 Å². The van der Waals surface area contributed by atoms with Crippen LogP contribution in [-0.4, -0.2) is 20.9 Å². The minimum absolute atomic E-state index is 0.259. The number of rotatable bonds is 3. The standard InChI is InChI=1S/C18H14N4O2/c23-17-9-12(11-5-1-2-6-13(11)22-17)18(24)19-10-16-20-14-7-3-4-8-15(14)21-16/h1-9H,10H2,(H,19,24)(H,20,21)(H,22,23). The Labute approximate surface area is 136 Å². The van der Waals surface area contributed by atoms with E-state index in [1.54, 1.807) is 12.1 Å². The molecule has 0 saturated carbocycles. The Morgan fingerprint density at radius 3 is 2.58 bits per heavy atom. The number of carbonyl (C=O) groups excluding carboxylic acids is 1. The summed E-state index contributed by atoms with van der Waals surface area (Å²) in [7, 11) is 0. The molecule has 0 fully saturated rings. The van der Waals surface area contributed by atoms with Crippen molar-refractivity contribution >= 4 is 27.8 Å². The highest BCUT2D eigenvalue weighted by Gasteiger charge is 2.12. The summed E-state index contributed by atoms with van der Waals surface area (Å²) in [4.78, 5) is 34.5. The van der Waals surface area contributed by atoms with Gasteiger partial charge in [-0.05, 0) is 18.2 Å². The first-order chi connectivity index (χ1) is 11.7. The Kier molecular flexibility index (Phi) is 3.35. The SMILES string of the molecule is O=C(NCc1nc2ccccc2[nH]1)c1cc(=O)[nH]c2ccccc12. The zero-order chi connectivity index (χ0) is 16.5. The van der Waals surface area contributed by atoms with Gasteiger partial charge < -0.3 is 15.3 Å². The number of hydrogen-bond donors (Lipinski definition) is 3. The zero-order valence-electron chi connectivity index (χ0n) is 12.7. The molecule has 0 saturated heterocycles. The molecule has 0 aliphatic heterocycles. The number of aromatic nitrogens is 3. The molecule has 1 amide bonds. The molecular weight excluding hydrogens is 304 g/mol. The fourth-order valence-corrected chi connectivity index (χ4v) is 2.74. The normalized spacial score (nSPS) is 11.0. The van der Waals surface area contributed by atoms with Gasteiger partial charge in [-0.25, -0.2) is 4.98 Å². The molecule has 0 unspecified atom stereocenters. The Bertz CT molecular complexity index is 1080. The highest BCUT2D eigenvalue weighted by molar-refractivity contribution is 6.05. The van der Waals surface area contributed by atoms with E-state index in [0.29, 0.717) is 22.3 Å². The van der Waals surface area contributed by atoms with Crippen LogP contribution in [0.1, 0.15) is 16.2 Å². The van der Waals surface area contributed by atoms with Crippen LogP contribution in [0.3, 0.4) is 0 Å². The lowest BCUT2D eigenvalue weighted by Gasteiger charge is -2.06. The monoisotopic (exact) mass is 318 g/mol. The largest absolute Gasteiger partial charge is 0.345 e. The molecule has 3 N–H and O–H groups in total. The third kappa shape index (κ3) is 2.54. The predicted octanol–water partition coefficient (Wildman–Crippen LogP) is 2.33. The first-order valence-corrected chi connectivity index (χ1v) is 7.54. The van der Waals surface area contributed by atoms with Crippen LogP contribution >= 0.6 is 0 Å². The number of fused-ring (bicyclic) bond motifs is 2. The van der Waals surface area contributed by atoms with Crippen LogP contribution in [0, 0.1) is 0 Å². The Morgan fingerprint density at radius 2 is 1.75 bits per heavy atom. The van der Waals surface area contributed by atoms with Crippen LogP contribution in [-0.2, 0) is 6.54 Å². The van der Waals surface area contributed by atoms with Crippen LogP contribution in [0.25, 0.3) is 21.9 Å². The summed E-state index contributed by atoms with van der Waals surface area (Å²) in [6.45, 7) is 0.259. The summed E-state index contributed by atoms with van der Waals surface area (Å²) in [5, 5.41) is 3.52. The highest BCUT2D eigenvalue weighted by atomic mass is 16.2. The number of imidazole rings is 1. The molecule has 2 heterocycles. The van der Waals surface area contributed by atoms with Gasteiger partial charge in [0.05, 0.1) is 23.1 Å². The van der Waals surface area contributed by atoms with Crippen molar-refractivity contribution in [2.24, 2.45) is 0 Å². The second-order valence-electron chi connectivity index (χ2n) is 5.48. The van der Waals surface area contributed by atoms with E-state index in [0.717, 1.165) is 11.0 Å². The van der Waals surface area contributed by atoms with Gasteiger partial charge in [-0.1, -0.05) is 30.3 Å². The highest BCUT2D eigenvalue weighted by Crippen LogP contribution is 2.15. The van der Waals surface area contributed by atoms with Crippen molar-refractivity contribution in [2.75, 3.05) is 0 Å². The first-order valence-electron chi connectivity index (χ1n) is 7.54. The molecule has 0 aliphatic carbocycles. The summed E-state index contributed by atoms with van der Waals surface area (Å²) < 4.78 is 0. The maximum absolute atomic E-state index is 12.5. The minimum Gasteiger partial charge on any atom is -0.345 e. The molecule has 0 bridgehead atoms. The summed E-state index contributed by atoms with van der Waals surface area (Å²) >= 11 is 0. The fourth-order valence-electron chi connectivity index (χ4n) is 2.74.